The smallest absolute Gasteiger partial charge is 0.143 e. The van der Waals surface area contributed by atoms with E-state index < -0.39 is 0 Å². The monoisotopic (exact) mass is 467 g/mol. The van der Waals surface area contributed by atoms with Crippen LogP contribution < -0.4 is 16.4 Å². The second-order valence-electron chi connectivity index (χ2n) is 8.59. The molecule has 1 atom stereocenters. The van der Waals surface area contributed by atoms with Crippen molar-refractivity contribution in [2.24, 2.45) is 11.1 Å². The van der Waals surface area contributed by atoms with Crippen molar-refractivity contribution in [1.82, 2.24) is 9.97 Å². The number of halogens is 1. The summed E-state index contributed by atoms with van der Waals surface area (Å²) in [4.78, 5) is 11.8. The maximum absolute atomic E-state index is 10.0. The first kappa shape index (κ1) is 21.5. The number of pyridine rings is 2. The molecule has 0 amide bonds. The minimum atomic E-state index is -0.122. The first-order chi connectivity index (χ1) is 15.5. The van der Waals surface area contributed by atoms with Crippen LogP contribution in [0, 0.1) is 5.41 Å². The number of aromatic nitrogens is 2. The van der Waals surface area contributed by atoms with E-state index in [2.05, 4.69) is 34.1 Å². The number of nitrogens with zero attached hydrogens (tertiary/aromatic N) is 3. The highest BCUT2D eigenvalue weighted by Gasteiger charge is 2.45. The van der Waals surface area contributed by atoms with Crippen LogP contribution in [0.25, 0.3) is 0 Å². The summed E-state index contributed by atoms with van der Waals surface area (Å²) in [5, 5.41) is 11.2. The van der Waals surface area contributed by atoms with E-state index >= 15 is 0 Å². The highest BCUT2D eigenvalue weighted by Crippen LogP contribution is 2.51. The lowest BCUT2D eigenvalue weighted by Gasteiger charge is -2.43. The maximum Gasteiger partial charge on any atom is 0.143 e. The van der Waals surface area contributed by atoms with Crippen LogP contribution in [0.3, 0.4) is 0 Å². The summed E-state index contributed by atoms with van der Waals surface area (Å²) in [5.41, 5.74) is 17.0. The molecule has 1 saturated heterocycles. The van der Waals surface area contributed by atoms with E-state index in [-0.39, 0.29) is 18.1 Å². The van der Waals surface area contributed by atoms with Crippen molar-refractivity contribution in [1.29, 1.82) is 0 Å². The van der Waals surface area contributed by atoms with Crippen LogP contribution in [0.4, 0.5) is 11.5 Å². The Bertz CT molecular complexity index is 1150. The summed E-state index contributed by atoms with van der Waals surface area (Å²) in [7, 11) is 0. The summed E-state index contributed by atoms with van der Waals surface area (Å²) < 4.78 is 0. The topological polar surface area (TPSA) is 101 Å². The summed E-state index contributed by atoms with van der Waals surface area (Å²) in [6, 6.07) is 14.5. The molecule has 1 aliphatic heterocycles. The van der Waals surface area contributed by atoms with Gasteiger partial charge in [0.2, 0.25) is 0 Å². The molecule has 1 aromatic carbocycles. The van der Waals surface area contributed by atoms with Gasteiger partial charge in [0.1, 0.15) is 10.8 Å². The van der Waals surface area contributed by atoms with Gasteiger partial charge in [-0.15, -0.1) is 0 Å². The van der Waals surface area contributed by atoms with Crippen molar-refractivity contribution >= 4 is 34.9 Å². The average molecular weight is 468 g/mol. The average Bonchev–Trinajstić information content (AvgIpc) is 3.09. The normalized spacial score (nSPS) is 19.3. The molecule has 1 aliphatic carbocycles. The fraction of sp³-hybridized carbons (Fsp3) is 0.333. The van der Waals surface area contributed by atoms with E-state index in [0.717, 1.165) is 48.0 Å². The Hall–Kier alpha value is -2.32. The Morgan fingerprint density at radius 1 is 1.16 bits per heavy atom. The molecule has 8 heteroatoms. The minimum absolute atomic E-state index is 0.0904. The van der Waals surface area contributed by atoms with Gasteiger partial charge < -0.3 is 21.5 Å². The number of aliphatic hydroxyl groups is 1. The molecule has 5 rings (SSSR count). The van der Waals surface area contributed by atoms with Crippen LogP contribution in [-0.4, -0.2) is 28.2 Å². The number of nitrogens with two attached hydrogens (primary N) is 2. The van der Waals surface area contributed by atoms with Crippen molar-refractivity contribution in [3.63, 3.8) is 0 Å². The lowest BCUT2D eigenvalue weighted by Crippen LogP contribution is -2.44. The third-order valence-electron chi connectivity index (χ3n) is 6.86. The van der Waals surface area contributed by atoms with Gasteiger partial charge in [-0.2, -0.15) is 0 Å². The molecule has 2 aromatic heterocycles. The number of nitrogen functional groups attached to an aromatic ring is 1. The number of fused-ring (bicyclic) bond motifs is 1. The predicted molar refractivity (Wildman–Crippen MR) is 129 cm³/mol. The summed E-state index contributed by atoms with van der Waals surface area (Å²) in [5.74, 6) is 0.296. The van der Waals surface area contributed by atoms with Crippen molar-refractivity contribution in [3.05, 3.63) is 70.5 Å². The van der Waals surface area contributed by atoms with Gasteiger partial charge in [-0.3, -0.25) is 0 Å². The van der Waals surface area contributed by atoms with Crippen LogP contribution in [0.15, 0.2) is 58.6 Å². The van der Waals surface area contributed by atoms with Crippen molar-refractivity contribution < 1.29 is 5.11 Å². The molecule has 2 aliphatic rings. The summed E-state index contributed by atoms with van der Waals surface area (Å²) in [6.45, 7) is 1.67. The predicted octanol–water partition coefficient (Wildman–Crippen LogP) is 4.20. The van der Waals surface area contributed by atoms with E-state index in [1.54, 1.807) is 6.20 Å². The van der Waals surface area contributed by atoms with Gasteiger partial charge in [0.25, 0.3) is 0 Å². The Labute approximate surface area is 197 Å². The SMILES string of the molecule is Nc1nccc(Sc2ccc(N3CCC4(CC3)Cc3ccccc3[C@H]4N)c(CO)n2)c1Cl. The van der Waals surface area contributed by atoms with Gasteiger partial charge in [-0.05, 0) is 54.0 Å². The number of anilines is 2. The van der Waals surface area contributed by atoms with Crippen molar-refractivity contribution in [3.8, 4) is 0 Å². The van der Waals surface area contributed by atoms with Crippen molar-refractivity contribution in [2.45, 2.75) is 41.8 Å². The zero-order valence-electron chi connectivity index (χ0n) is 17.7. The molecule has 0 radical (unpaired) electrons. The fourth-order valence-corrected chi connectivity index (χ4v) is 6.13. The minimum Gasteiger partial charge on any atom is -0.390 e. The number of hydrogen-bond acceptors (Lipinski definition) is 7. The third-order valence-corrected chi connectivity index (χ3v) is 8.37. The Morgan fingerprint density at radius 2 is 1.94 bits per heavy atom. The van der Waals surface area contributed by atoms with E-state index in [1.807, 2.05) is 18.2 Å². The molecule has 32 heavy (non-hydrogen) atoms. The van der Waals surface area contributed by atoms with Gasteiger partial charge in [0.05, 0.1) is 23.0 Å². The third kappa shape index (κ3) is 3.73. The van der Waals surface area contributed by atoms with E-state index in [9.17, 15) is 5.11 Å². The lowest BCUT2D eigenvalue weighted by molar-refractivity contribution is 0.187. The Morgan fingerprint density at radius 3 is 2.69 bits per heavy atom. The van der Waals surface area contributed by atoms with E-state index in [0.29, 0.717) is 16.5 Å². The van der Waals surface area contributed by atoms with Crippen LogP contribution in [0.5, 0.6) is 0 Å². The second kappa shape index (κ2) is 8.56. The molecule has 5 N–H and O–H groups in total. The standard InChI is InChI=1S/C24H26ClN5OS/c25-21-19(7-10-28-23(21)27)32-20-6-5-18(17(14-31)29-20)30-11-8-24(9-12-30)13-15-3-1-2-4-16(15)22(24)26/h1-7,10,22,31H,8-9,11-14,26H2,(H2,27,28)/t22-/m1/s1. The molecular weight excluding hydrogens is 442 g/mol. The van der Waals surface area contributed by atoms with E-state index in [4.69, 9.17) is 28.1 Å². The van der Waals surface area contributed by atoms with E-state index in [1.165, 1.54) is 22.9 Å². The molecule has 3 aromatic rings. The molecule has 3 heterocycles. The molecule has 166 valence electrons. The molecule has 1 spiro atoms. The van der Waals surface area contributed by atoms with Crippen LogP contribution in [0.2, 0.25) is 5.02 Å². The highest BCUT2D eigenvalue weighted by atomic mass is 35.5. The van der Waals surface area contributed by atoms with Gasteiger partial charge in [-0.25, -0.2) is 9.97 Å². The first-order valence-corrected chi connectivity index (χ1v) is 12.0. The maximum atomic E-state index is 10.0. The lowest BCUT2D eigenvalue weighted by atomic mass is 9.73. The Kier molecular flexibility index (Phi) is 5.75. The fourth-order valence-electron chi connectivity index (χ4n) is 5.07. The molecule has 0 bridgehead atoms. The highest BCUT2D eigenvalue weighted by molar-refractivity contribution is 7.99. The zero-order chi connectivity index (χ0) is 22.3. The number of benzene rings is 1. The molecule has 0 saturated carbocycles. The van der Waals surface area contributed by atoms with Crippen LogP contribution >= 0.6 is 23.4 Å². The van der Waals surface area contributed by atoms with Gasteiger partial charge in [-0.1, -0.05) is 47.6 Å². The quantitative estimate of drug-likeness (QED) is 0.528. The van der Waals surface area contributed by atoms with Crippen molar-refractivity contribution in [2.75, 3.05) is 23.7 Å². The van der Waals surface area contributed by atoms with Crippen LogP contribution in [-0.2, 0) is 13.0 Å². The molecule has 1 fully saturated rings. The Balaban J connectivity index is 1.32. The van der Waals surface area contributed by atoms with Gasteiger partial charge in [0.15, 0.2) is 0 Å². The first-order valence-electron chi connectivity index (χ1n) is 10.8. The van der Waals surface area contributed by atoms with Gasteiger partial charge in [0, 0.05) is 30.2 Å². The number of hydrogen-bond donors (Lipinski definition) is 3. The molecular formula is C24H26ClN5OS. The second-order valence-corrected chi connectivity index (χ2v) is 10.0. The zero-order valence-corrected chi connectivity index (χ0v) is 19.2. The largest absolute Gasteiger partial charge is 0.390 e. The number of aliphatic hydroxyl groups excluding tert-OH is 1. The van der Waals surface area contributed by atoms with Crippen LogP contribution in [0.1, 0.15) is 35.7 Å². The number of piperidine rings is 1. The summed E-state index contributed by atoms with van der Waals surface area (Å²) >= 11 is 7.68. The number of rotatable bonds is 4. The molecule has 6 nitrogen and oxygen atoms in total. The summed E-state index contributed by atoms with van der Waals surface area (Å²) in [6.07, 6.45) is 4.72. The van der Waals surface area contributed by atoms with Gasteiger partial charge >= 0.3 is 0 Å². The molecule has 0 unspecified atom stereocenters.